The van der Waals surface area contributed by atoms with Crippen LogP contribution in [0.5, 0.6) is 0 Å². The van der Waals surface area contributed by atoms with Crippen LogP contribution in [0.25, 0.3) is 0 Å². The van der Waals surface area contributed by atoms with Gasteiger partial charge in [0.25, 0.3) is 10.0 Å². The van der Waals surface area contributed by atoms with Crippen LogP contribution in [0.15, 0.2) is 46.0 Å². The molecule has 0 bridgehead atoms. The second-order valence-corrected chi connectivity index (χ2v) is 10.0. The molecule has 2 heterocycles. The van der Waals surface area contributed by atoms with E-state index >= 15 is 0 Å². The van der Waals surface area contributed by atoms with Crippen LogP contribution in [0.2, 0.25) is 0 Å². The minimum Gasteiger partial charge on any atom is -0.346 e. The number of hydrogen-bond donors (Lipinski definition) is 1. The van der Waals surface area contributed by atoms with E-state index in [9.17, 15) is 8.42 Å². The van der Waals surface area contributed by atoms with E-state index in [4.69, 9.17) is 12.2 Å². The van der Waals surface area contributed by atoms with Gasteiger partial charge in [-0.15, -0.1) is 11.3 Å². The molecule has 140 valence electrons. The first-order valence-electron chi connectivity index (χ1n) is 8.57. The average Bonchev–Trinajstić information content (AvgIpc) is 3.18. The summed E-state index contributed by atoms with van der Waals surface area (Å²) < 4.78 is 27.1. The van der Waals surface area contributed by atoms with Crippen molar-refractivity contribution in [3.63, 3.8) is 0 Å². The maximum absolute atomic E-state index is 12.6. The van der Waals surface area contributed by atoms with Gasteiger partial charge in [0.05, 0.1) is 0 Å². The number of benzene rings is 1. The number of sulfonamides is 1. The number of piperazine rings is 1. The highest BCUT2D eigenvalue weighted by atomic mass is 32.2. The highest BCUT2D eigenvalue weighted by Crippen LogP contribution is 2.22. The molecule has 2 aromatic rings. The molecule has 0 saturated carbocycles. The molecule has 8 heteroatoms. The van der Waals surface area contributed by atoms with E-state index in [0.717, 1.165) is 5.69 Å². The molecule has 0 unspecified atom stereocenters. The maximum Gasteiger partial charge on any atom is 0.252 e. The number of anilines is 1. The van der Waals surface area contributed by atoms with Crippen LogP contribution < -0.4 is 5.32 Å². The standard InChI is InChI=1S/C18H23N3O2S3/c1-14(2)15-5-7-16(8-6-15)19-18(24)20-9-11-21(12-10-20)26(22,23)17-4-3-13-25-17/h3-8,13-14H,9-12H2,1-2H3,(H,19,24). The lowest BCUT2D eigenvalue weighted by Crippen LogP contribution is -2.51. The molecule has 0 spiro atoms. The Balaban J connectivity index is 1.57. The number of thiophene rings is 1. The molecule has 3 rings (SSSR count). The fourth-order valence-corrected chi connectivity index (χ4v) is 5.69. The predicted octanol–water partition coefficient (Wildman–Crippen LogP) is 3.57. The highest BCUT2D eigenvalue weighted by Gasteiger charge is 2.29. The van der Waals surface area contributed by atoms with Crippen LogP contribution in [0.3, 0.4) is 0 Å². The van der Waals surface area contributed by atoms with E-state index in [0.29, 0.717) is 41.4 Å². The molecule has 5 nitrogen and oxygen atoms in total. The van der Waals surface area contributed by atoms with Gasteiger partial charge < -0.3 is 10.2 Å². The van der Waals surface area contributed by atoms with Crippen molar-refractivity contribution in [2.75, 3.05) is 31.5 Å². The molecule has 1 saturated heterocycles. The van der Waals surface area contributed by atoms with Crippen molar-refractivity contribution in [1.29, 1.82) is 0 Å². The van der Waals surface area contributed by atoms with Gasteiger partial charge in [-0.2, -0.15) is 4.31 Å². The van der Waals surface area contributed by atoms with Crippen LogP contribution in [0, 0.1) is 0 Å². The van der Waals surface area contributed by atoms with Crippen molar-refractivity contribution < 1.29 is 8.42 Å². The Hall–Kier alpha value is -1.48. The SMILES string of the molecule is CC(C)c1ccc(NC(=S)N2CCN(S(=O)(=O)c3cccs3)CC2)cc1. The van der Waals surface area contributed by atoms with Crippen LogP contribution in [-0.4, -0.2) is 48.9 Å². The predicted molar refractivity (Wildman–Crippen MR) is 111 cm³/mol. The van der Waals surface area contributed by atoms with Crippen LogP contribution >= 0.6 is 23.6 Å². The van der Waals surface area contributed by atoms with Gasteiger partial charge in [-0.3, -0.25) is 0 Å². The van der Waals surface area contributed by atoms with Gasteiger partial charge in [0.2, 0.25) is 0 Å². The molecule has 0 radical (unpaired) electrons. The van der Waals surface area contributed by atoms with Crippen molar-refractivity contribution in [3.8, 4) is 0 Å². The third kappa shape index (κ3) is 4.25. The fourth-order valence-electron chi connectivity index (χ4n) is 2.82. The molecule has 1 aliphatic heterocycles. The van der Waals surface area contributed by atoms with E-state index in [1.165, 1.54) is 21.2 Å². The lowest BCUT2D eigenvalue weighted by atomic mass is 10.0. The number of thiocarbonyl (C=S) groups is 1. The highest BCUT2D eigenvalue weighted by molar-refractivity contribution is 7.91. The summed E-state index contributed by atoms with van der Waals surface area (Å²) in [6, 6.07) is 11.7. The Morgan fingerprint density at radius 1 is 1.12 bits per heavy atom. The lowest BCUT2D eigenvalue weighted by molar-refractivity contribution is 0.269. The Labute approximate surface area is 164 Å². The summed E-state index contributed by atoms with van der Waals surface area (Å²) in [5.41, 5.74) is 2.24. The first kappa shape index (κ1) is 19.3. The smallest absolute Gasteiger partial charge is 0.252 e. The molecule has 1 N–H and O–H groups in total. The number of hydrogen-bond acceptors (Lipinski definition) is 4. The summed E-state index contributed by atoms with van der Waals surface area (Å²) in [5.74, 6) is 0.495. The Morgan fingerprint density at radius 3 is 2.31 bits per heavy atom. The molecule has 1 aliphatic rings. The molecule has 1 aromatic heterocycles. The fraction of sp³-hybridized carbons (Fsp3) is 0.389. The Morgan fingerprint density at radius 2 is 1.77 bits per heavy atom. The van der Waals surface area contributed by atoms with Gasteiger partial charge >= 0.3 is 0 Å². The molecule has 0 amide bonds. The van der Waals surface area contributed by atoms with Crippen LogP contribution in [0.4, 0.5) is 5.69 Å². The summed E-state index contributed by atoms with van der Waals surface area (Å²) in [7, 11) is -3.38. The molecule has 0 aliphatic carbocycles. The molecule has 1 aromatic carbocycles. The Bertz CT molecular complexity index is 838. The average molecular weight is 410 g/mol. The van der Waals surface area contributed by atoms with E-state index < -0.39 is 10.0 Å². The largest absolute Gasteiger partial charge is 0.346 e. The van der Waals surface area contributed by atoms with Crippen molar-refractivity contribution in [1.82, 2.24) is 9.21 Å². The third-order valence-corrected chi connectivity index (χ3v) is 8.08. The third-order valence-electron chi connectivity index (χ3n) is 4.44. The van der Waals surface area contributed by atoms with E-state index in [1.54, 1.807) is 17.5 Å². The normalized spacial score (nSPS) is 16.0. The van der Waals surface area contributed by atoms with Gasteiger partial charge in [-0.05, 0) is 47.3 Å². The van der Waals surface area contributed by atoms with Gasteiger partial charge in [0.1, 0.15) is 4.21 Å². The van der Waals surface area contributed by atoms with Crippen molar-refractivity contribution in [2.45, 2.75) is 24.0 Å². The number of nitrogens with zero attached hydrogens (tertiary/aromatic N) is 2. The van der Waals surface area contributed by atoms with Crippen molar-refractivity contribution in [3.05, 3.63) is 47.3 Å². The molecule has 1 fully saturated rings. The van der Waals surface area contributed by atoms with Crippen molar-refractivity contribution in [2.24, 2.45) is 0 Å². The minimum atomic E-state index is -3.38. The zero-order valence-electron chi connectivity index (χ0n) is 14.9. The summed E-state index contributed by atoms with van der Waals surface area (Å²) in [4.78, 5) is 2.02. The van der Waals surface area contributed by atoms with E-state index in [-0.39, 0.29) is 0 Å². The summed E-state index contributed by atoms with van der Waals surface area (Å²) in [6.07, 6.45) is 0. The summed E-state index contributed by atoms with van der Waals surface area (Å²) in [6.45, 7) is 6.37. The monoisotopic (exact) mass is 409 g/mol. The van der Waals surface area contributed by atoms with E-state index in [1.807, 2.05) is 17.0 Å². The molecular weight excluding hydrogens is 386 g/mol. The first-order valence-corrected chi connectivity index (χ1v) is 11.3. The maximum atomic E-state index is 12.6. The number of nitrogens with one attached hydrogen (secondary N) is 1. The van der Waals surface area contributed by atoms with Crippen LogP contribution in [-0.2, 0) is 10.0 Å². The quantitative estimate of drug-likeness (QED) is 0.783. The van der Waals surface area contributed by atoms with Gasteiger partial charge in [-0.1, -0.05) is 32.0 Å². The van der Waals surface area contributed by atoms with E-state index in [2.05, 4.69) is 31.3 Å². The molecular formula is C18H23N3O2S3. The first-order chi connectivity index (χ1) is 12.4. The van der Waals surface area contributed by atoms with Crippen molar-refractivity contribution >= 4 is 44.4 Å². The molecule has 26 heavy (non-hydrogen) atoms. The minimum absolute atomic E-state index is 0.400. The zero-order valence-corrected chi connectivity index (χ0v) is 17.3. The van der Waals surface area contributed by atoms with Gasteiger partial charge in [0.15, 0.2) is 5.11 Å². The zero-order chi connectivity index (χ0) is 18.7. The second kappa shape index (κ2) is 8.04. The summed E-state index contributed by atoms with van der Waals surface area (Å²) in [5, 5.41) is 5.67. The Kier molecular flexibility index (Phi) is 5.96. The topological polar surface area (TPSA) is 52.6 Å². The molecule has 0 atom stereocenters. The van der Waals surface area contributed by atoms with Crippen LogP contribution in [0.1, 0.15) is 25.3 Å². The summed E-state index contributed by atoms with van der Waals surface area (Å²) >= 11 is 6.76. The second-order valence-electron chi connectivity index (χ2n) is 6.53. The van der Waals surface area contributed by atoms with Gasteiger partial charge in [0, 0.05) is 31.9 Å². The number of rotatable bonds is 4. The van der Waals surface area contributed by atoms with Gasteiger partial charge in [-0.25, -0.2) is 8.42 Å². The lowest BCUT2D eigenvalue weighted by Gasteiger charge is -2.35.